The quantitative estimate of drug-likeness (QED) is 0.875. The number of halogens is 1. The molecule has 1 aromatic carbocycles. The van der Waals surface area contributed by atoms with Gasteiger partial charge in [-0.1, -0.05) is 35.5 Å². The SMILES string of the molecule is CC(C)(C)NC(=O)OC1SC(c2cccc(Cl)c2)NC1=O. The number of thioether (sulfide) groups is 1. The average molecular weight is 329 g/mol. The van der Waals surface area contributed by atoms with Crippen molar-refractivity contribution in [3.8, 4) is 0 Å². The molecule has 0 bridgehead atoms. The number of carbonyl (C=O) groups is 2. The van der Waals surface area contributed by atoms with E-state index >= 15 is 0 Å². The van der Waals surface area contributed by atoms with Crippen molar-refractivity contribution in [1.82, 2.24) is 10.6 Å². The predicted molar refractivity (Wildman–Crippen MR) is 83.1 cm³/mol. The first-order chi connectivity index (χ1) is 9.74. The summed E-state index contributed by atoms with van der Waals surface area (Å²) in [6.45, 7) is 5.51. The Balaban J connectivity index is 1.98. The topological polar surface area (TPSA) is 67.4 Å². The van der Waals surface area contributed by atoms with Gasteiger partial charge in [0.05, 0.1) is 0 Å². The van der Waals surface area contributed by atoms with Crippen LogP contribution in [0, 0.1) is 0 Å². The first-order valence-electron chi connectivity index (χ1n) is 6.45. The molecule has 0 spiro atoms. The number of benzene rings is 1. The van der Waals surface area contributed by atoms with Gasteiger partial charge in [0, 0.05) is 10.6 Å². The van der Waals surface area contributed by atoms with Crippen LogP contribution in [-0.4, -0.2) is 23.0 Å². The third-order valence-corrected chi connectivity index (χ3v) is 4.04. The molecule has 0 aromatic heterocycles. The van der Waals surface area contributed by atoms with Crippen molar-refractivity contribution in [2.45, 2.75) is 37.1 Å². The second kappa shape index (κ2) is 6.15. The van der Waals surface area contributed by atoms with Crippen LogP contribution in [0.1, 0.15) is 31.7 Å². The summed E-state index contributed by atoms with van der Waals surface area (Å²) in [6, 6.07) is 7.21. The van der Waals surface area contributed by atoms with E-state index in [2.05, 4.69) is 10.6 Å². The zero-order chi connectivity index (χ0) is 15.6. The lowest BCUT2D eigenvalue weighted by Crippen LogP contribution is -2.43. The molecule has 1 heterocycles. The minimum Gasteiger partial charge on any atom is -0.425 e. The molecule has 0 aliphatic carbocycles. The summed E-state index contributed by atoms with van der Waals surface area (Å²) in [5.41, 5.74) is -0.414. The van der Waals surface area contributed by atoms with Crippen LogP contribution in [0.4, 0.5) is 4.79 Å². The minimum absolute atomic E-state index is 0.274. The van der Waals surface area contributed by atoms with Gasteiger partial charge in [0.25, 0.3) is 5.91 Å². The maximum atomic E-state index is 11.9. The molecule has 1 aromatic rings. The van der Waals surface area contributed by atoms with Crippen molar-refractivity contribution in [2.75, 3.05) is 0 Å². The Morgan fingerprint density at radius 2 is 2.14 bits per heavy atom. The Morgan fingerprint density at radius 1 is 1.43 bits per heavy atom. The van der Waals surface area contributed by atoms with Gasteiger partial charge in [-0.25, -0.2) is 4.79 Å². The molecule has 2 N–H and O–H groups in total. The number of alkyl carbamates (subject to hydrolysis) is 1. The molecule has 2 unspecified atom stereocenters. The number of carbonyl (C=O) groups excluding carboxylic acids is 2. The fourth-order valence-electron chi connectivity index (χ4n) is 1.76. The van der Waals surface area contributed by atoms with Gasteiger partial charge in [-0.2, -0.15) is 0 Å². The Morgan fingerprint density at radius 3 is 2.76 bits per heavy atom. The normalized spacial score (nSPS) is 21.8. The molecule has 7 heteroatoms. The van der Waals surface area contributed by atoms with Gasteiger partial charge in [0.1, 0.15) is 5.37 Å². The predicted octanol–water partition coefficient (Wildman–Crippen LogP) is 3.05. The molecule has 2 amide bonds. The number of hydrogen-bond donors (Lipinski definition) is 2. The van der Waals surface area contributed by atoms with E-state index in [0.717, 1.165) is 5.56 Å². The third-order valence-electron chi connectivity index (χ3n) is 2.59. The summed E-state index contributed by atoms with van der Waals surface area (Å²) in [7, 11) is 0. The second-order valence-electron chi connectivity index (χ2n) is 5.69. The van der Waals surface area contributed by atoms with Crippen LogP contribution in [0.15, 0.2) is 24.3 Å². The van der Waals surface area contributed by atoms with Crippen LogP contribution < -0.4 is 10.6 Å². The van der Waals surface area contributed by atoms with Gasteiger partial charge in [-0.05, 0) is 38.5 Å². The highest BCUT2D eigenvalue weighted by Crippen LogP contribution is 2.36. The highest BCUT2D eigenvalue weighted by atomic mass is 35.5. The van der Waals surface area contributed by atoms with E-state index in [1.54, 1.807) is 12.1 Å². The number of nitrogens with one attached hydrogen (secondary N) is 2. The lowest BCUT2D eigenvalue weighted by atomic mass is 10.1. The van der Waals surface area contributed by atoms with E-state index in [9.17, 15) is 9.59 Å². The number of ether oxygens (including phenoxy) is 1. The first kappa shape index (κ1) is 16.0. The van der Waals surface area contributed by atoms with Gasteiger partial charge in [0.2, 0.25) is 5.44 Å². The van der Waals surface area contributed by atoms with Crippen molar-refractivity contribution in [3.05, 3.63) is 34.9 Å². The molecule has 2 atom stereocenters. The molecular formula is C14H17ClN2O3S. The van der Waals surface area contributed by atoms with E-state index in [4.69, 9.17) is 16.3 Å². The maximum absolute atomic E-state index is 11.9. The Kier molecular flexibility index (Phi) is 4.68. The molecule has 0 saturated carbocycles. The van der Waals surface area contributed by atoms with Gasteiger partial charge in [0.15, 0.2) is 0 Å². The maximum Gasteiger partial charge on any atom is 0.409 e. The number of hydrogen-bond acceptors (Lipinski definition) is 4. The zero-order valence-electron chi connectivity index (χ0n) is 12.0. The summed E-state index contributed by atoms with van der Waals surface area (Å²) < 4.78 is 5.15. The zero-order valence-corrected chi connectivity index (χ0v) is 13.5. The summed E-state index contributed by atoms with van der Waals surface area (Å²) >= 11 is 7.17. The molecule has 0 radical (unpaired) electrons. The van der Waals surface area contributed by atoms with Crippen molar-refractivity contribution in [3.63, 3.8) is 0 Å². The lowest BCUT2D eigenvalue weighted by molar-refractivity contribution is -0.124. The van der Waals surface area contributed by atoms with Crippen molar-refractivity contribution in [2.24, 2.45) is 0 Å². The van der Waals surface area contributed by atoms with Crippen LogP contribution in [-0.2, 0) is 9.53 Å². The van der Waals surface area contributed by atoms with Crippen LogP contribution in [0.25, 0.3) is 0 Å². The third kappa shape index (κ3) is 4.54. The molecule has 114 valence electrons. The largest absolute Gasteiger partial charge is 0.425 e. The molecular weight excluding hydrogens is 312 g/mol. The van der Waals surface area contributed by atoms with Crippen molar-refractivity contribution < 1.29 is 14.3 Å². The fraction of sp³-hybridized carbons (Fsp3) is 0.429. The van der Waals surface area contributed by atoms with Crippen LogP contribution in [0.2, 0.25) is 5.02 Å². The van der Waals surface area contributed by atoms with E-state index in [-0.39, 0.29) is 11.3 Å². The molecule has 1 aliphatic heterocycles. The van der Waals surface area contributed by atoms with Crippen molar-refractivity contribution in [1.29, 1.82) is 0 Å². The monoisotopic (exact) mass is 328 g/mol. The lowest BCUT2D eigenvalue weighted by Gasteiger charge is -2.21. The standard InChI is InChI=1S/C14H17ClN2O3S/c1-14(2,3)17-13(19)20-12-10(18)16-11(21-12)8-5-4-6-9(15)7-8/h4-7,11-12H,1-3H3,(H,16,18)(H,17,19). The summed E-state index contributed by atoms with van der Waals surface area (Å²) in [4.78, 5) is 23.6. The van der Waals surface area contributed by atoms with Gasteiger partial charge < -0.3 is 15.4 Å². The molecule has 5 nitrogen and oxygen atoms in total. The number of rotatable bonds is 2. The van der Waals surface area contributed by atoms with Crippen LogP contribution >= 0.6 is 23.4 Å². The Hall–Kier alpha value is -1.40. The number of amides is 2. The highest BCUT2D eigenvalue weighted by Gasteiger charge is 2.37. The molecule has 2 rings (SSSR count). The van der Waals surface area contributed by atoms with Gasteiger partial charge >= 0.3 is 6.09 Å². The minimum atomic E-state index is -0.865. The van der Waals surface area contributed by atoms with Crippen LogP contribution in [0.5, 0.6) is 0 Å². The smallest absolute Gasteiger partial charge is 0.409 e. The molecule has 21 heavy (non-hydrogen) atoms. The highest BCUT2D eigenvalue weighted by molar-refractivity contribution is 8.01. The van der Waals surface area contributed by atoms with E-state index in [1.165, 1.54) is 11.8 Å². The first-order valence-corrected chi connectivity index (χ1v) is 7.77. The van der Waals surface area contributed by atoms with Gasteiger partial charge in [-0.15, -0.1) is 0 Å². The van der Waals surface area contributed by atoms with Gasteiger partial charge in [-0.3, -0.25) is 4.79 Å². The summed E-state index contributed by atoms with van der Waals surface area (Å²) in [6.07, 6.45) is -0.609. The van der Waals surface area contributed by atoms with E-state index < -0.39 is 17.1 Å². The van der Waals surface area contributed by atoms with Crippen molar-refractivity contribution >= 4 is 35.4 Å². The van der Waals surface area contributed by atoms with E-state index in [0.29, 0.717) is 5.02 Å². The second-order valence-corrected chi connectivity index (χ2v) is 7.30. The summed E-state index contributed by atoms with van der Waals surface area (Å²) in [5, 5.41) is 5.75. The molecule has 1 aliphatic rings. The molecule has 1 fully saturated rings. The molecule has 1 saturated heterocycles. The Bertz CT molecular complexity index is 559. The Labute approximate surface area is 132 Å². The fourth-order valence-corrected chi connectivity index (χ4v) is 3.03. The average Bonchev–Trinajstić information content (AvgIpc) is 2.68. The van der Waals surface area contributed by atoms with Crippen LogP contribution in [0.3, 0.4) is 0 Å². The summed E-state index contributed by atoms with van der Waals surface area (Å²) in [5.74, 6) is -0.325. The van der Waals surface area contributed by atoms with E-state index in [1.807, 2.05) is 32.9 Å².